The van der Waals surface area contributed by atoms with Crippen molar-refractivity contribution in [2.45, 2.75) is 65.0 Å². The number of nitrogens with zero attached hydrogens (tertiary/aromatic N) is 1. The van der Waals surface area contributed by atoms with Crippen LogP contribution in [0.1, 0.15) is 52.9 Å². The van der Waals surface area contributed by atoms with Gasteiger partial charge in [0.15, 0.2) is 0 Å². The molecule has 2 heteroatoms. The van der Waals surface area contributed by atoms with Gasteiger partial charge >= 0.3 is 0 Å². The van der Waals surface area contributed by atoms with Gasteiger partial charge in [0.1, 0.15) is 0 Å². The first-order chi connectivity index (χ1) is 8.16. The summed E-state index contributed by atoms with van der Waals surface area (Å²) in [5.41, 5.74) is 0. The maximum absolute atomic E-state index is 3.83. The van der Waals surface area contributed by atoms with E-state index < -0.39 is 0 Å². The molecule has 1 aliphatic carbocycles. The molecule has 1 saturated carbocycles. The lowest BCUT2D eigenvalue weighted by atomic mass is 9.96. The van der Waals surface area contributed by atoms with Gasteiger partial charge in [0, 0.05) is 12.1 Å². The van der Waals surface area contributed by atoms with Crippen molar-refractivity contribution in [3.05, 3.63) is 0 Å². The fourth-order valence-corrected chi connectivity index (χ4v) is 3.46. The van der Waals surface area contributed by atoms with E-state index in [2.05, 4.69) is 31.0 Å². The van der Waals surface area contributed by atoms with Crippen molar-refractivity contribution >= 4 is 0 Å². The van der Waals surface area contributed by atoms with Crippen LogP contribution < -0.4 is 5.32 Å². The molecule has 100 valence electrons. The summed E-state index contributed by atoms with van der Waals surface area (Å²) in [5, 5.41) is 3.83. The van der Waals surface area contributed by atoms with Crippen molar-refractivity contribution in [2.75, 3.05) is 19.6 Å². The molecule has 1 aliphatic heterocycles. The number of likely N-dealkylation sites (tertiary alicyclic amines) is 1. The summed E-state index contributed by atoms with van der Waals surface area (Å²) in [6, 6.07) is 1.52. The molecular weight excluding hydrogens is 208 g/mol. The Labute approximate surface area is 107 Å². The van der Waals surface area contributed by atoms with Crippen molar-refractivity contribution in [3.63, 3.8) is 0 Å². The molecule has 2 aliphatic rings. The van der Waals surface area contributed by atoms with E-state index in [9.17, 15) is 0 Å². The highest BCUT2D eigenvalue weighted by Gasteiger charge is 2.25. The molecule has 2 rings (SSSR count). The lowest BCUT2D eigenvalue weighted by Crippen LogP contribution is -2.46. The van der Waals surface area contributed by atoms with Crippen LogP contribution in [0.25, 0.3) is 0 Å². The Balaban J connectivity index is 1.64. The van der Waals surface area contributed by atoms with Crippen molar-refractivity contribution in [1.82, 2.24) is 10.2 Å². The molecule has 17 heavy (non-hydrogen) atoms. The number of nitrogens with one attached hydrogen (secondary N) is 1. The van der Waals surface area contributed by atoms with Crippen LogP contribution in [0, 0.1) is 11.8 Å². The predicted octanol–water partition coefficient (Wildman–Crippen LogP) is 2.89. The third kappa shape index (κ3) is 3.69. The second-order valence-electron chi connectivity index (χ2n) is 6.48. The van der Waals surface area contributed by atoms with Gasteiger partial charge in [-0.05, 0) is 64.6 Å². The van der Waals surface area contributed by atoms with Crippen LogP contribution >= 0.6 is 0 Å². The lowest BCUT2D eigenvalue weighted by molar-refractivity contribution is 0.158. The van der Waals surface area contributed by atoms with Crippen LogP contribution in [0.3, 0.4) is 0 Å². The minimum absolute atomic E-state index is 0.728. The summed E-state index contributed by atoms with van der Waals surface area (Å²) in [6.45, 7) is 10.9. The zero-order chi connectivity index (χ0) is 12.3. The van der Waals surface area contributed by atoms with E-state index in [0.29, 0.717) is 0 Å². The molecule has 2 atom stereocenters. The zero-order valence-electron chi connectivity index (χ0n) is 11.9. The first-order valence-corrected chi connectivity index (χ1v) is 7.64. The fraction of sp³-hybridized carbons (Fsp3) is 1.00. The van der Waals surface area contributed by atoms with Gasteiger partial charge in [0.05, 0.1) is 0 Å². The lowest BCUT2D eigenvalue weighted by Gasteiger charge is -2.35. The third-order valence-corrected chi connectivity index (χ3v) is 4.97. The van der Waals surface area contributed by atoms with Crippen molar-refractivity contribution in [3.8, 4) is 0 Å². The minimum atomic E-state index is 0.728. The summed E-state index contributed by atoms with van der Waals surface area (Å²) in [5.74, 6) is 1.91. The average Bonchev–Trinajstić information content (AvgIpc) is 2.73. The van der Waals surface area contributed by atoms with Gasteiger partial charge in [-0.2, -0.15) is 0 Å². The first kappa shape index (κ1) is 13.4. The van der Waals surface area contributed by atoms with Crippen LogP contribution in [-0.2, 0) is 0 Å². The molecule has 2 fully saturated rings. The molecule has 0 radical (unpaired) electrons. The molecule has 2 unspecified atom stereocenters. The van der Waals surface area contributed by atoms with Gasteiger partial charge in [-0.1, -0.05) is 19.8 Å². The summed E-state index contributed by atoms with van der Waals surface area (Å²) in [4.78, 5) is 2.61. The van der Waals surface area contributed by atoms with Gasteiger partial charge in [-0.3, -0.25) is 0 Å². The molecule has 0 spiro atoms. The SMILES string of the molecule is CC1CCCC1CNC1CCN(C(C)C)CC1. The van der Waals surface area contributed by atoms with Crippen LogP contribution in [0.5, 0.6) is 0 Å². The smallest absolute Gasteiger partial charge is 0.00915 e. The molecule has 0 amide bonds. The molecular formula is C15H30N2. The van der Waals surface area contributed by atoms with Crippen LogP contribution in [0.4, 0.5) is 0 Å². The minimum Gasteiger partial charge on any atom is -0.314 e. The monoisotopic (exact) mass is 238 g/mol. The Morgan fingerprint density at radius 2 is 1.82 bits per heavy atom. The molecule has 0 aromatic heterocycles. The highest BCUT2D eigenvalue weighted by Crippen LogP contribution is 2.30. The number of hydrogen-bond donors (Lipinski definition) is 1. The third-order valence-electron chi connectivity index (χ3n) is 4.97. The van der Waals surface area contributed by atoms with E-state index in [0.717, 1.165) is 23.9 Å². The van der Waals surface area contributed by atoms with E-state index >= 15 is 0 Å². The molecule has 0 aromatic carbocycles. The van der Waals surface area contributed by atoms with Gasteiger partial charge in [0.2, 0.25) is 0 Å². The Bertz CT molecular complexity index is 219. The largest absolute Gasteiger partial charge is 0.314 e. The van der Waals surface area contributed by atoms with E-state index in [1.807, 2.05) is 0 Å². The van der Waals surface area contributed by atoms with Crippen LogP contribution in [0.2, 0.25) is 0 Å². The highest BCUT2D eigenvalue weighted by molar-refractivity contribution is 4.82. The fourth-order valence-electron chi connectivity index (χ4n) is 3.46. The van der Waals surface area contributed by atoms with Crippen LogP contribution in [0.15, 0.2) is 0 Å². The molecule has 2 nitrogen and oxygen atoms in total. The molecule has 0 bridgehead atoms. The van der Waals surface area contributed by atoms with E-state index in [1.54, 1.807) is 0 Å². The van der Waals surface area contributed by atoms with Gasteiger partial charge in [-0.25, -0.2) is 0 Å². The summed E-state index contributed by atoms with van der Waals surface area (Å²) >= 11 is 0. The summed E-state index contributed by atoms with van der Waals surface area (Å²) < 4.78 is 0. The maximum atomic E-state index is 3.83. The van der Waals surface area contributed by atoms with E-state index in [4.69, 9.17) is 0 Å². The first-order valence-electron chi connectivity index (χ1n) is 7.64. The number of hydrogen-bond acceptors (Lipinski definition) is 2. The molecule has 1 heterocycles. The normalized spacial score (nSPS) is 32.5. The second-order valence-corrected chi connectivity index (χ2v) is 6.48. The maximum Gasteiger partial charge on any atom is 0.00915 e. The second kappa shape index (κ2) is 6.19. The van der Waals surface area contributed by atoms with Crippen molar-refractivity contribution < 1.29 is 0 Å². The quantitative estimate of drug-likeness (QED) is 0.810. The molecule has 1 saturated heterocycles. The van der Waals surface area contributed by atoms with Gasteiger partial charge < -0.3 is 10.2 Å². The standard InChI is InChI=1S/C15H30N2/c1-12(2)17-9-7-15(8-10-17)16-11-14-6-4-5-13(14)3/h12-16H,4-11H2,1-3H3. The number of piperidine rings is 1. The van der Waals surface area contributed by atoms with Crippen LogP contribution in [-0.4, -0.2) is 36.6 Å². The Morgan fingerprint density at radius 3 is 2.35 bits per heavy atom. The van der Waals surface area contributed by atoms with Gasteiger partial charge in [-0.15, -0.1) is 0 Å². The van der Waals surface area contributed by atoms with Crippen molar-refractivity contribution in [2.24, 2.45) is 11.8 Å². The Hall–Kier alpha value is -0.0800. The predicted molar refractivity (Wildman–Crippen MR) is 74.2 cm³/mol. The Morgan fingerprint density at radius 1 is 1.12 bits per heavy atom. The molecule has 1 N–H and O–H groups in total. The highest BCUT2D eigenvalue weighted by atomic mass is 15.2. The Kier molecular flexibility index (Phi) is 4.87. The van der Waals surface area contributed by atoms with Gasteiger partial charge in [0.25, 0.3) is 0 Å². The zero-order valence-corrected chi connectivity index (χ0v) is 11.9. The number of rotatable bonds is 4. The van der Waals surface area contributed by atoms with E-state index in [1.165, 1.54) is 51.7 Å². The van der Waals surface area contributed by atoms with Crippen molar-refractivity contribution in [1.29, 1.82) is 0 Å². The van der Waals surface area contributed by atoms with E-state index in [-0.39, 0.29) is 0 Å². The topological polar surface area (TPSA) is 15.3 Å². The molecule has 0 aromatic rings. The summed E-state index contributed by atoms with van der Waals surface area (Å²) in [7, 11) is 0. The summed E-state index contributed by atoms with van der Waals surface area (Å²) in [6.07, 6.45) is 7.06. The average molecular weight is 238 g/mol.